The number of anilines is 2. The van der Waals surface area contributed by atoms with Gasteiger partial charge in [-0.1, -0.05) is 12.1 Å². The number of carbonyl (C=O) groups excluding carboxylic acids is 2. The first-order chi connectivity index (χ1) is 15.7. The van der Waals surface area contributed by atoms with Crippen molar-refractivity contribution < 1.29 is 22.4 Å². The smallest absolute Gasteiger partial charge is 0.250 e. The van der Waals surface area contributed by atoms with Crippen molar-refractivity contribution >= 4 is 33.2 Å². The molecule has 176 valence electrons. The Morgan fingerprint density at radius 3 is 2.67 bits per heavy atom. The van der Waals surface area contributed by atoms with Gasteiger partial charge < -0.3 is 10.2 Å². The minimum absolute atomic E-state index is 0.0553. The van der Waals surface area contributed by atoms with E-state index in [-0.39, 0.29) is 29.9 Å². The third-order valence-electron chi connectivity index (χ3n) is 6.06. The maximum absolute atomic E-state index is 13.4. The van der Waals surface area contributed by atoms with Gasteiger partial charge in [0, 0.05) is 27.2 Å². The molecular formula is C23H27FN4O4S. The first-order valence-corrected chi connectivity index (χ1v) is 12.3. The van der Waals surface area contributed by atoms with Crippen molar-refractivity contribution in [2.24, 2.45) is 0 Å². The lowest BCUT2D eigenvalue weighted by Crippen LogP contribution is -2.57. The second-order valence-corrected chi connectivity index (χ2v) is 10.6. The number of halogens is 1. The summed E-state index contributed by atoms with van der Waals surface area (Å²) in [4.78, 5) is 29.5. The maximum Gasteiger partial charge on any atom is 0.250 e. The summed E-state index contributed by atoms with van der Waals surface area (Å²) < 4.78 is 39.9. The van der Waals surface area contributed by atoms with Crippen LogP contribution in [0.1, 0.15) is 24.8 Å². The van der Waals surface area contributed by atoms with Crippen LogP contribution in [0.4, 0.5) is 15.8 Å². The SMILES string of the molecule is CN(C)S(=O)(=O)c1ccc2c(c1)N(CC(=O)NCc1cccc(F)c1)C(=O)[C@@H]1CCCCN21. The van der Waals surface area contributed by atoms with Crippen LogP contribution in [-0.2, 0) is 26.2 Å². The van der Waals surface area contributed by atoms with Crippen molar-refractivity contribution in [3.05, 3.63) is 53.8 Å². The number of nitrogens with zero attached hydrogens (tertiary/aromatic N) is 3. The Balaban J connectivity index is 1.63. The van der Waals surface area contributed by atoms with E-state index in [9.17, 15) is 22.4 Å². The molecule has 1 saturated heterocycles. The zero-order chi connectivity index (χ0) is 23.8. The van der Waals surface area contributed by atoms with Gasteiger partial charge in [0.05, 0.1) is 16.3 Å². The molecule has 8 nitrogen and oxygen atoms in total. The zero-order valence-electron chi connectivity index (χ0n) is 18.6. The predicted molar refractivity (Wildman–Crippen MR) is 123 cm³/mol. The highest BCUT2D eigenvalue weighted by molar-refractivity contribution is 7.89. The highest BCUT2D eigenvalue weighted by atomic mass is 32.2. The fourth-order valence-electron chi connectivity index (χ4n) is 4.32. The van der Waals surface area contributed by atoms with E-state index in [1.807, 2.05) is 4.90 Å². The standard InChI is InChI=1S/C23H27FN4O4S/c1-26(2)33(31,32)18-9-10-19-21(13-18)28(23(30)20-8-3-4-11-27(19)20)15-22(29)25-14-16-6-5-7-17(24)12-16/h5-7,9-10,12-13,20H,3-4,8,11,14-15H2,1-2H3,(H,25,29)/t20-/m0/s1. The molecule has 10 heteroatoms. The molecule has 2 aromatic rings. The van der Waals surface area contributed by atoms with E-state index in [0.717, 1.165) is 22.8 Å². The van der Waals surface area contributed by atoms with Gasteiger partial charge in [0.2, 0.25) is 21.8 Å². The summed E-state index contributed by atoms with van der Waals surface area (Å²) in [5.74, 6) is -1.03. The number of sulfonamides is 1. The van der Waals surface area contributed by atoms with Crippen LogP contribution in [0.15, 0.2) is 47.4 Å². The van der Waals surface area contributed by atoms with Crippen LogP contribution >= 0.6 is 0 Å². The van der Waals surface area contributed by atoms with Gasteiger partial charge >= 0.3 is 0 Å². The molecule has 2 heterocycles. The van der Waals surface area contributed by atoms with Crippen molar-refractivity contribution in [1.29, 1.82) is 0 Å². The highest BCUT2D eigenvalue weighted by Gasteiger charge is 2.40. The van der Waals surface area contributed by atoms with E-state index < -0.39 is 21.7 Å². The lowest BCUT2D eigenvalue weighted by Gasteiger charge is -2.45. The van der Waals surface area contributed by atoms with Gasteiger partial charge in [-0.25, -0.2) is 17.1 Å². The molecule has 4 rings (SSSR count). The molecule has 1 fully saturated rings. The van der Waals surface area contributed by atoms with Crippen LogP contribution in [0.2, 0.25) is 0 Å². The lowest BCUT2D eigenvalue weighted by atomic mass is 9.96. The number of amides is 2. The van der Waals surface area contributed by atoms with E-state index in [4.69, 9.17) is 0 Å². The van der Waals surface area contributed by atoms with Crippen LogP contribution < -0.4 is 15.1 Å². The Morgan fingerprint density at radius 2 is 1.94 bits per heavy atom. The quantitative estimate of drug-likeness (QED) is 0.693. The molecule has 2 aromatic carbocycles. The molecule has 2 amide bonds. The van der Waals surface area contributed by atoms with Crippen molar-refractivity contribution in [3.63, 3.8) is 0 Å². The lowest BCUT2D eigenvalue weighted by molar-refractivity contribution is -0.125. The third kappa shape index (κ3) is 4.58. The van der Waals surface area contributed by atoms with Crippen LogP contribution in [0.25, 0.3) is 0 Å². The van der Waals surface area contributed by atoms with Crippen molar-refractivity contribution in [2.45, 2.75) is 36.7 Å². The summed E-state index contributed by atoms with van der Waals surface area (Å²) in [5, 5.41) is 2.72. The van der Waals surface area contributed by atoms with Gasteiger partial charge in [-0.05, 0) is 55.2 Å². The van der Waals surface area contributed by atoms with Crippen LogP contribution in [0.3, 0.4) is 0 Å². The van der Waals surface area contributed by atoms with Gasteiger partial charge in [0.25, 0.3) is 0 Å². The normalized spacial score (nSPS) is 18.2. The number of carbonyl (C=O) groups is 2. The molecule has 2 aliphatic heterocycles. The summed E-state index contributed by atoms with van der Waals surface area (Å²) in [5.41, 5.74) is 1.75. The Kier molecular flexibility index (Phi) is 6.40. The monoisotopic (exact) mass is 474 g/mol. The maximum atomic E-state index is 13.4. The van der Waals surface area contributed by atoms with Crippen molar-refractivity contribution in [1.82, 2.24) is 9.62 Å². The number of hydrogen-bond donors (Lipinski definition) is 1. The first-order valence-electron chi connectivity index (χ1n) is 10.8. The molecule has 0 unspecified atom stereocenters. The van der Waals surface area contributed by atoms with E-state index in [0.29, 0.717) is 24.2 Å². The zero-order valence-corrected chi connectivity index (χ0v) is 19.4. The summed E-state index contributed by atoms with van der Waals surface area (Å²) in [6.07, 6.45) is 2.53. The molecule has 0 spiro atoms. The molecule has 1 N–H and O–H groups in total. The fourth-order valence-corrected chi connectivity index (χ4v) is 5.24. The highest BCUT2D eigenvalue weighted by Crippen LogP contribution is 2.40. The second kappa shape index (κ2) is 9.11. The Hall–Kier alpha value is -2.98. The molecule has 0 bridgehead atoms. The summed E-state index contributed by atoms with van der Waals surface area (Å²) in [7, 11) is -0.833. The number of nitrogens with one attached hydrogen (secondary N) is 1. The number of piperidine rings is 1. The number of rotatable bonds is 6. The molecule has 0 aliphatic carbocycles. The van der Waals surface area contributed by atoms with Crippen LogP contribution in [0.5, 0.6) is 0 Å². The Bertz CT molecular complexity index is 1180. The number of benzene rings is 2. The van der Waals surface area contributed by atoms with Crippen molar-refractivity contribution in [2.75, 3.05) is 37.0 Å². The summed E-state index contributed by atoms with van der Waals surface area (Å²) in [6.45, 7) is 0.565. The van der Waals surface area contributed by atoms with Gasteiger partial charge in [-0.3, -0.25) is 14.5 Å². The first kappa shape index (κ1) is 23.2. The van der Waals surface area contributed by atoms with Crippen molar-refractivity contribution in [3.8, 4) is 0 Å². The van der Waals surface area contributed by atoms with E-state index in [2.05, 4.69) is 5.32 Å². The fraction of sp³-hybridized carbons (Fsp3) is 0.391. The van der Waals surface area contributed by atoms with E-state index in [1.54, 1.807) is 18.2 Å². The third-order valence-corrected chi connectivity index (χ3v) is 7.87. The molecule has 0 aromatic heterocycles. The molecule has 0 saturated carbocycles. The average molecular weight is 475 g/mol. The minimum Gasteiger partial charge on any atom is -0.358 e. The summed E-state index contributed by atoms with van der Waals surface area (Å²) in [6, 6.07) is 10.3. The van der Waals surface area contributed by atoms with E-state index in [1.165, 1.54) is 43.3 Å². The molecule has 33 heavy (non-hydrogen) atoms. The van der Waals surface area contributed by atoms with Gasteiger partial charge in [-0.15, -0.1) is 0 Å². The second-order valence-electron chi connectivity index (χ2n) is 8.47. The molecule has 0 radical (unpaired) electrons. The van der Waals surface area contributed by atoms with Gasteiger partial charge in [0.15, 0.2) is 0 Å². The molecule has 1 atom stereocenters. The van der Waals surface area contributed by atoms with Crippen LogP contribution in [-0.4, -0.2) is 57.8 Å². The largest absolute Gasteiger partial charge is 0.358 e. The average Bonchev–Trinajstić information content (AvgIpc) is 2.80. The Morgan fingerprint density at radius 1 is 1.15 bits per heavy atom. The minimum atomic E-state index is -3.72. The topological polar surface area (TPSA) is 90.0 Å². The molecular weight excluding hydrogens is 447 g/mol. The van der Waals surface area contributed by atoms with Gasteiger partial charge in [-0.2, -0.15) is 0 Å². The Labute approximate surface area is 193 Å². The van der Waals surface area contributed by atoms with Crippen LogP contribution in [0, 0.1) is 5.82 Å². The molecule has 2 aliphatic rings. The number of hydrogen-bond acceptors (Lipinski definition) is 5. The van der Waals surface area contributed by atoms with Gasteiger partial charge in [0.1, 0.15) is 18.4 Å². The number of fused-ring (bicyclic) bond motifs is 3. The van der Waals surface area contributed by atoms with E-state index >= 15 is 0 Å². The predicted octanol–water partition coefficient (Wildman–Crippen LogP) is 2.10. The summed E-state index contributed by atoms with van der Waals surface area (Å²) >= 11 is 0.